The van der Waals surface area contributed by atoms with E-state index in [1.807, 2.05) is 18.7 Å². The molecule has 0 spiro atoms. The van der Waals surface area contributed by atoms with Crippen LogP contribution in [0.5, 0.6) is 0 Å². The third kappa shape index (κ3) is 3.25. The maximum Gasteiger partial charge on any atom is 0.264 e. The van der Waals surface area contributed by atoms with Gasteiger partial charge in [0.1, 0.15) is 10.7 Å². The molecule has 4 nitrogen and oxygen atoms in total. The number of carbonyl (C=O) groups excluding carboxylic acids is 1. The molecule has 0 aliphatic carbocycles. The van der Waals surface area contributed by atoms with Gasteiger partial charge in [0.25, 0.3) is 5.91 Å². The number of hydrogen-bond acceptors (Lipinski definition) is 4. The standard InChI is InChI=1S/C18H25N3OS/c1-4-14-19-13(3)15-12(2)16(23-17(15)20-14)18(22)21-10-8-6-5-7-9-11-21/h4-11H2,1-3H3. The summed E-state index contributed by atoms with van der Waals surface area (Å²) >= 11 is 1.54. The van der Waals surface area contributed by atoms with Crippen LogP contribution in [0.4, 0.5) is 0 Å². The van der Waals surface area contributed by atoms with Crippen LogP contribution in [-0.2, 0) is 6.42 Å². The van der Waals surface area contributed by atoms with Crippen LogP contribution in [0.3, 0.4) is 0 Å². The summed E-state index contributed by atoms with van der Waals surface area (Å²) in [6.45, 7) is 7.90. The Kier molecular flexibility index (Phi) is 4.95. The van der Waals surface area contributed by atoms with E-state index in [4.69, 9.17) is 0 Å². The molecule has 3 rings (SSSR count). The zero-order valence-corrected chi connectivity index (χ0v) is 15.1. The molecule has 124 valence electrons. The predicted octanol–water partition coefficient (Wildman–Crippen LogP) is 4.28. The Balaban J connectivity index is 1.96. The van der Waals surface area contributed by atoms with E-state index in [2.05, 4.69) is 16.9 Å². The maximum absolute atomic E-state index is 13.0. The maximum atomic E-state index is 13.0. The molecule has 0 saturated carbocycles. The minimum absolute atomic E-state index is 0.185. The first-order chi connectivity index (χ1) is 11.1. The number of thiophene rings is 1. The molecule has 0 atom stereocenters. The first-order valence-corrected chi connectivity index (χ1v) is 9.49. The summed E-state index contributed by atoms with van der Waals surface area (Å²) in [4.78, 5) is 26.1. The van der Waals surface area contributed by atoms with Crippen LogP contribution in [0.15, 0.2) is 0 Å². The van der Waals surface area contributed by atoms with Crippen molar-refractivity contribution in [3.63, 3.8) is 0 Å². The Labute approximate surface area is 141 Å². The number of nitrogens with zero attached hydrogens (tertiary/aromatic N) is 3. The lowest BCUT2D eigenvalue weighted by atomic mass is 10.1. The topological polar surface area (TPSA) is 46.1 Å². The van der Waals surface area contributed by atoms with Gasteiger partial charge in [-0.1, -0.05) is 26.2 Å². The highest BCUT2D eigenvalue weighted by Gasteiger charge is 2.23. The molecule has 0 radical (unpaired) electrons. The quantitative estimate of drug-likeness (QED) is 0.825. The highest BCUT2D eigenvalue weighted by atomic mass is 32.1. The number of carbonyl (C=O) groups is 1. The van der Waals surface area contributed by atoms with Crippen molar-refractivity contribution < 1.29 is 4.79 Å². The van der Waals surface area contributed by atoms with Crippen LogP contribution < -0.4 is 0 Å². The molecular weight excluding hydrogens is 306 g/mol. The van der Waals surface area contributed by atoms with Gasteiger partial charge in [-0.05, 0) is 32.3 Å². The molecule has 5 heteroatoms. The van der Waals surface area contributed by atoms with Gasteiger partial charge in [-0.15, -0.1) is 11.3 Å². The lowest BCUT2D eigenvalue weighted by molar-refractivity contribution is 0.0747. The highest BCUT2D eigenvalue weighted by Crippen LogP contribution is 2.32. The van der Waals surface area contributed by atoms with Crippen molar-refractivity contribution >= 4 is 27.5 Å². The molecule has 1 aliphatic rings. The molecule has 1 amide bonds. The largest absolute Gasteiger partial charge is 0.338 e. The summed E-state index contributed by atoms with van der Waals surface area (Å²) in [5.74, 6) is 1.05. The lowest BCUT2D eigenvalue weighted by Gasteiger charge is -2.24. The van der Waals surface area contributed by atoms with Crippen LogP contribution in [0.2, 0.25) is 0 Å². The number of amides is 1. The molecular formula is C18H25N3OS. The van der Waals surface area contributed by atoms with E-state index >= 15 is 0 Å². The summed E-state index contributed by atoms with van der Waals surface area (Å²) in [6.07, 6.45) is 6.84. The Morgan fingerprint density at radius 1 is 1.09 bits per heavy atom. The fourth-order valence-corrected chi connectivity index (χ4v) is 4.57. The predicted molar refractivity (Wildman–Crippen MR) is 95.3 cm³/mol. The van der Waals surface area contributed by atoms with Crippen molar-refractivity contribution in [1.82, 2.24) is 14.9 Å². The Bertz CT molecular complexity index is 715. The van der Waals surface area contributed by atoms with Gasteiger partial charge in [0.05, 0.1) is 4.88 Å². The number of fused-ring (bicyclic) bond motifs is 1. The number of likely N-dealkylation sites (tertiary alicyclic amines) is 1. The van der Waals surface area contributed by atoms with E-state index < -0.39 is 0 Å². The first-order valence-electron chi connectivity index (χ1n) is 8.67. The van der Waals surface area contributed by atoms with Crippen LogP contribution in [0.1, 0.15) is 65.8 Å². The Hall–Kier alpha value is -1.49. The van der Waals surface area contributed by atoms with E-state index in [1.54, 1.807) is 0 Å². The SMILES string of the molecule is CCc1nc(C)c2c(C)c(C(=O)N3CCCCCCC3)sc2n1. The van der Waals surface area contributed by atoms with Crippen LogP contribution in [-0.4, -0.2) is 33.9 Å². The summed E-state index contributed by atoms with van der Waals surface area (Å²) < 4.78 is 0. The van der Waals surface area contributed by atoms with Crippen molar-refractivity contribution in [3.8, 4) is 0 Å². The fourth-order valence-electron chi connectivity index (χ4n) is 3.35. The van der Waals surface area contributed by atoms with Gasteiger partial charge in [-0.2, -0.15) is 0 Å². The van der Waals surface area contributed by atoms with Crippen molar-refractivity contribution in [2.24, 2.45) is 0 Å². The van der Waals surface area contributed by atoms with E-state index in [-0.39, 0.29) is 5.91 Å². The fraction of sp³-hybridized carbons (Fsp3) is 0.611. The van der Waals surface area contributed by atoms with Gasteiger partial charge in [-0.25, -0.2) is 9.97 Å². The molecule has 2 aromatic heterocycles. The van der Waals surface area contributed by atoms with Crippen LogP contribution >= 0.6 is 11.3 Å². The molecule has 1 fully saturated rings. The number of rotatable bonds is 2. The van der Waals surface area contributed by atoms with Crippen molar-refractivity contribution in [1.29, 1.82) is 0 Å². The monoisotopic (exact) mass is 331 g/mol. The highest BCUT2D eigenvalue weighted by molar-refractivity contribution is 7.20. The number of aromatic nitrogens is 2. The van der Waals surface area contributed by atoms with Gasteiger partial charge in [0.15, 0.2) is 0 Å². The van der Waals surface area contributed by atoms with Gasteiger partial charge >= 0.3 is 0 Å². The van der Waals surface area contributed by atoms with Crippen LogP contribution in [0, 0.1) is 13.8 Å². The smallest absolute Gasteiger partial charge is 0.264 e. The molecule has 0 aromatic carbocycles. The average molecular weight is 331 g/mol. The molecule has 3 heterocycles. The zero-order valence-electron chi connectivity index (χ0n) is 14.3. The normalized spacial score (nSPS) is 16.4. The lowest BCUT2D eigenvalue weighted by Crippen LogP contribution is -2.33. The summed E-state index contributed by atoms with van der Waals surface area (Å²) in [7, 11) is 0. The third-order valence-corrected chi connectivity index (χ3v) is 5.84. The second-order valence-electron chi connectivity index (χ2n) is 6.38. The van der Waals surface area contributed by atoms with E-state index in [0.717, 1.165) is 64.5 Å². The minimum atomic E-state index is 0.185. The summed E-state index contributed by atoms with van der Waals surface area (Å²) in [6, 6.07) is 0. The van der Waals surface area contributed by atoms with E-state index in [0.29, 0.717) is 0 Å². The van der Waals surface area contributed by atoms with Crippen molar-refractivity contribution in [3.05, 3.63) is 22.0 Å². The zero-order chi connectivity index (χ0) is 16.4. The van der Waals surface area contributed by atoms with Gasteiger partial charge in [-0.3, -0.25) is 4.79 Å². The van der Waals surface area contributed by atoms with Crippen molar-refractivity contribution in [2.75, 3.05) is 13.1 Å². The van der Waals surface area contributed by atoms with E-state index in [1.165, 1.54) is 30.6 Å². The second-order valence-corrected chi connectivity index (χ2v) is 7.37. The first kappa shape index (κ1) is 16.4. The Morgan fingerprint density at radius 2 is 1.74 bits per heavy atom. The Morgan fingerprint density at radius 3 is 2.39 bits per heavy atom. The third-order valence-electron chi connectivity index (χ3n) is 4.67. The second kappa shape index (κ2) is 6.95. The molecule has 23 heavy (non-hydrogen) atoms. The number of hydrogen-bond donors (Lipinski definition) is 0. The van der Waals surface area contributed by atoms with Crippen LogP contribution in [0.25, 0.3) is 10.2 Å². The molecule has 0 bridgehead atoms. The van der Waals surface area contributed by atoms with E-state index in [9.17, 15) is 4.79 Å². The number of aryl methyl sites for hydroxylation is 3. The molecule has 2 aromatic rings. The van der Waals surface area contributed by atoms with Gasteiger partial charge in [0, 0.05) is 30.6 Å². The molecule has 1 aliphatic heterocycles. The minimum Gasteiger partial charge on any atom is -0.338 e. The van der Waals surface area contributed by atoms with Gasteiger partial charge in [0.2, 0.25) is 0 Å². The average Bonchev–Trinajstić information content (AvgIpc) is 2.83. The van der Waals surface area contributed by atoms with Gasteiger partial charge < -0.3 is 4.90 Å². The van der Waals surface area contributed by atoms with Crippen molar-refractivity contribution in [2.45, 2.75) is 59.3 Å². The summed E-state index contributed by atoms with van der Waals surface area (Å²) in [5, 5.41) is 1.07. The summed E-state index contributed by atoms with van der Waals surface area (Å²) in [5.41, 5.74) is 2.05. The molecule has 1 saturated heterocycles. The molecule has 0 unspecified atom stereocenters. The molecule has 0 N–H and O–H groups in total.